The van der Waals surface area contributed by atoms with E-state index in [9.17, 15) is 4.79 Å². The number of guanidine groups is 1. The van der Waals surface area contributed by atoms with Gasteiger partial charge in [0.05, 0.1) is 19.6 Å². The number of likely N-dealkylation sites (N-methyl/N-ethyl adjacent to an activating group) is 2. The number of rotatable bonds is 9. The number of aromatic nitrogens is 2. The van der Waals surface area contributed by atoms with Gasteiger partial charge in [0.2, 0.25) is 5.91 Å². The van der Waals surface area contributed by atoms with E-state index in [1.807, 2.05) is 66.7 Å². The van der Waals surface area contributed by atoms with Crippen molar-refractivity contribution in [2.24, 2.45) is 4.99 Å². The summed E-state index contributed by atoms with van der Waals surface area (Å²) >= 11 is 0. The molecule has 0 bridgehead atoms. The van der Waals surface area contributed by atoms with Gasteiger partial charge in [0.25, 0.3) is 0 Å². The minimum atomic E-state index is 0.109. The van der Waals surface area contributed by atoms with Crippen molar-refractivity contribution < 1.29 is 4.79 Å². The Labute approximate surface area is 168 Å². The molecule has 0 saturated heterocycles. The quantitative estimate of drug-likeness (QED) is 0.532. The molecule has 1 amide bonds. The molecule has 2 aromatic rings. The van der Waals surface area contributed by atoms with E-state index in [0.717, 1.165) is 31.2 Å². The molecule has 0 fully saturated rings. The van der Waals surface area contributed by atoms with Crippen molar-refractivity contribution in [2.45, 2.75) is 33.9 Å². The van der Waals surface area contributed by atoms with Crippen LogP contribution in [0.25, 0.3) is 0 Å². The predicted molar refractivity (Wildman–Crippen MR) is 113 cm³/mol. The summed E-state index contributed by atoms with van der Waals surface area (Å²) in [5, 5.41) is 7.57. The van der Waals surface area contributed by atoms with Crippen LogP contribution in [0.1, 0.15) is 31.9 Å². The Morgan fingerprint density at radius 3 is 2.46 bits per heavy atom. The van der Waals surface area contributed by atoms with Gasteiger partial charge in [-0.1, -0.05) is 24.3 Å². The number of carbonyl (C=O) groups is 1. The number of hydrogen-bond acceptors (Lipinski definition) is 3. The van der Waals surface area contributed by atoms with Gasteiger partial charge >= 0.3 is 0 Å². The monoisotopic (exact) mass is 384 g/mol. The van der Waals surface area contributed by atoms with Gasteiger partial charge in [-0.15, -0.1) is 0 Å². The fourth-order valence-corrected chi connectivity index (χ4v) is 3.02. The van der Waals surface area contributed by atoms with E-state index in [-0.39, 0.29) is 5.91 Å². The van der Waals surface area contributed by atoms with Gasteiger partial charge in [-0.3, -0.25) is 9.48 Å². The van der Waals surface area contributed by atoms with Crippen LogP contribution in [0.3, 0.4) is 0 Å². The number of nitrogens with zero attached hydrogens (tertiary/aromatic N) is 5. The first kappa shape index (κ1) is 21.5. The number of hydrogen-bond donors (Lipinski definition) is 1. The lowest BCUT2D eigenvalue weighted by atomic mass is 10.1. The molecule has 0 radical (unpaired) electrons. The summed E-state index contributed by atoms with van der Waals surface area (Å²) in [7, 11) is 1.90. The van der Waals surface area contributed by atoms with Crippen molar-refractivity contribution in [3.05, 3.63) is 53.9 Å². The number of nitrogens with one attached hydrogen (secondary N) is 1. The van der Waals surface area contributed by atoms with E-state index in [1.54, 1.807) is 6.20 Å². The molecule has 0 aliphatic carbocycles. The summed E-state index contributed by atoms with van der Waals surface area (Å²) in [6.45, 7) is 9.78. The molecular formula is C21H32N6O. The Bertz CT molecular complexity index is 752. The fraction of sp³-hybridized carbons (Fsp3) is 0.476. The molecule has 1 heterocycles. The summed E-state index contributed by atoms with van der Waals surface area (Å²) in [5.41, 5.74) is 2.34. The van der Waals surface area contributed by atoms with Crippen LogP contribution in [0.15, 0.2) is 47.7 Å². The Balaban J connectivity index is 2.11. The van der Waals surface area contributed by atoms with Gasteiger partial charge in [-0.25, -0.2) is 4.99 Å². The van der Waals surface area contributed by atoms with Crippen molar-refractivity contribution >= 4 is 11.9 Å². The first-order chi connectivity index (χ1) is 13.6. The summed E-state index contributed by atoms with van der Waals surface area (Å²) in [4.78, 5) is 20.9. The summed E-state index contributed by atoms with van der Waals surface area (Å²) in [6.07, 6.45) is 3.74. The molecule has 7 heteroatoms. The van der Waals surface area contributed by atoms with E-state index < -0.39 is 0 Å². The van der Waals surface area contributed by atoms with Gasteiger partial charge < -0.3 is 15.1 Å². The maximum atomic E-state index is 12.4. The number of aliphatic imine (C=N–C) groups is 1. The fourth-order valence-electron chi connectivity index (χ4n) is 3.02. The van der Waals surface area contributed by atoms with E-state index in [2.05, 4.69) is 22.5 Å². The van der Waals surface area contributed by atoms with E-state index in [4.69, 9.17) is 4.99 Å². The molecule has 0 aliphatic rings. The molecule has 0 atom stereocenters. The molecule has 1 aromatic carbocycles. The third-order valence-electron chi connectivity index (χ3n) is 4.59. The minimum absolute atomic E-state index is 0.109. The maximum Gasteiger partial charge on any atom is 0.242 e. The number of benzene rings is 1. The SMILES string of the molecule is CCNC(=NCc1ccccc1Cn1cccn1)N(C)CC(=O)N(CC)CC. The zero-order valence-corrected chi connectivity index (χ0v) is 17.4. The second-order valence-corrected chi connectivity index (χ2v) is 6.56. The average molecular weight is 385 g/mol. The number of amides is 1. The van der Waals surface area contributed by atoms with Gasteiger partial charge in [0, 0.05) is 39.1 Å². The molecule has 7 nitrogen and oxygen atoms in total. The molecule has 1 N–H and O–H groups in total. The van der Waals surface area contributed by atoms with Gasteiger partial charge in [0.15, 0.2) is 5.96 Å². The van der Waals surface area contributed by atoms with E-state index in [1.165, 1.54) is 5.56 Å². The predicted octanol–water partition coefficient (Wildman–Crippen LogP) is 2.20. The molecule has 0 unspecified atom stereocenters. The third-order valence-corrected chi connectivity index (χ3v) is 4.59. The van der Waals surface area contributed by atoms with Crippen LogP contribution in [0.4, 0.5) is 0 Å². The molecular weight excluding hydrogens is 352 g/mol. The lowest BCUT2D eigenvalue weighted by molar-refractivity contribution is -0.131. The van der Waals surface area contributed by atoms with Gasteiger partial charge in [-0.2, -0.15) is 5.10 Å². The van der Waals surface area contributed by atoms with Gasteiger partial charge in [0.1, 0.15) is 0 Å². The smallest absolute Gasteiger partial charge is 0.242 e. The molecule has 0 saturated carbocycles. The van der Waals surface area contributed by atoms with Crippen LogP contribution < -0.4 is 5.32 Å². The van der Waals surface area contributed by atoms with E-state index >= 15 is 0 Å². The van der Waals surface area contributed by atoms with Crippen LogP contribution in [-0.4, -0.2) is 64.7 Å². The van der Waals surface area contributed by atoms with E-state index in [0.29, 0.717) is 19.6 Å². The molecule has 0 spiro atoms. The average Bonchev–Trinajstić information content (AvgIpc) is 3.20. The highest BCUT2D eigenvalue weighted by atomic mass is 16.2. The molecule has 1 aromatic heterocycles. The van der Waals surface area contributed by atoms with Crippen LogP contribution in [0.2, 0.25) is 0 Å². The number of carbonyl (C=O) groups excluding carboxylic acids is 1. The topological polar surface area (TPSA) is 65.8 Å². The van der Waals surface area contributed by atoms with Crippen molar-refractivity contribution in [2.75, 3.05) is 33.2 Å². The molecule has 2 rings (SSSR count). The van der Waals surface area contributed by atoms with Crippen LogP contribution >= 0.6 is 0 Å². The second-order valence-electron chi connectivity index (χ2n) is 6.56. The Kier molecular flexibility index (Phi) is 8.52. The van der Waals surface area contributed by atoms with Crippen molar-refractivity contribution in [1.82, 2.24) is 24.9 Å². The van der Waals surface area contributed by atoms with Crippen LogP contribution in [0, 0.1) is 0 Å². The van der Waals surface area contributed by atoms with Crippen LogP contribution in [-0.2, 0) is 17.9 Å². The summed E-state index contributed by atoms with van der Waals surface area (Å²) in [6, 6.07) is 10.2. The second kappa shape index (κ2) is 11.1. The largest absolute Gasteiger partial charge is 0.357 e. The normalized spacial score (nSPS) is 11.4. The zero-order valence-electron chi connectivity index (χ0n) is 17.4. The van der Waals surface area contributed by atoms with Crippen molar-refractivity contribution in [1.29, 1.82) is 0 Å². The Morgan fingerprint density at radius 1 is 1.14 bits per heavy atom. The van der Waals surface area contributed by atoms with Gasteiger partial charge in [-0.05, 0) is 38.0 Å². The van der Waals surface area contributed by atoms with Crippen molar-refractivity contribution in [3.8, 4) is 0 Å². The first-order valence-corrected chi connectivity index (χ1v) is 9.90. The highest BCUT2D eigenvalue weighted by Gasteiger charge is 2.15. The van der Waals surface area contributed by atoms with Crippen molar-refractivity contribution in [3.63, 3.8) is 0 Å². The Morgan fingerprint density at radius 2 is 1.86 bits per heavy atom. The lowest BCUT2D eigenvalue weighted by Gasteiger charge is -2.25. The summed E-state index contributed by atoms with van der Waals surface area (Å²) in [5.74, 6) is 0.842. The molecule has 152 valence electrons. The maximum absolute atomic E-state index is 12.4. The lowest BCUT2D eigenvalue weighted by Crippen LogP contribution is -2.45. The zero-order chi connectivity index (χ0) is 20.4. The highest BCUT2D eigenvalue weighted by molar-refractivity contribution is 5.86. The molecule has 28 heavy (non-hydrogen) atoms. The summed E-state index contributed by atoms with van der Waals surface area (Å²) < 4.78 is 1.91. The Hall–Kier alpha value is -2.83. The molecule has 0 aliphatic heterocycles. The van der Waals surface area contributed by atoms with Crippen LogP contribution in [0.5, 0.6) is 0 Å². The standard InChI is InChI=1S/C21H32N6O/c1-5-22-21(25(4)17-20(28)26(6-2)7-3)23-15-18-11-8-9-12-19(18)16-27-14-10-13-24-27/h8-14H,5-7,15-17H2,1-4H3,(H,22,23). The first-order valence-electron chi connectivity index (χ1n) is 9.90. The minimum Gasteiger partial charge on any atom is -0.357 e. The highest BCUT2D eigenvalue weighted by Crippen LogP contribution is 2.12. The third kappa shape index (κ3) is 6.11.